The van der Waals surface area contributed by atoms with E-state index in [2.05, 4.69) is 34.9 Å². The molecule has 0 saturated heterocycles. The SMILES string of the molecule is CC(C)(C)OC(=O)NCC[C@@H]1CNc2ccccc2C1. The Hall–Kier alpha value is -1.71. The molecule has 0 bridgehead atoms. The van der Waals surface area contributed by atoms with Crippen LogP contribution < -0.4 is 10.6 Å². The summed E-state index contributed by atoms with van der Waals surface area (Å²) >= 11 is 0. The summed E-state index contributed by atoms with van der Waals surface area (Å²) in [5.41, 5.74) is 2.17. The molecular weight excluding hydrogens is 252 g/mol. The van der Waals surface area contributed by atoms with Crippen molar-refractivity contribution in [3.05, 3.63) is 29.8 Å². The van der Waals surface area contributed by atoms with Crippen molar-refractivity contribution >= 4 is 11.8 Å². The molecule has 1 aromatic carbocycles. The number of amides is 1. The van der Waals surface area contributed by atoms with Gasteiger partial charge in [0.25, 0.3) is 0 Å². The van der Waals surface area contributed by atoms with Crippen molar-refractivity contribution in [1.82, 2.24) is 5.32 Å². The summed E-state index contributed by atoms with van der Waals surface area (Å²) in [6, 6.07) is 8.40. The number of ether oxygens (including phenoxy) is 1. The van der Waals surface area contributed by atoms with E-state index in [4.69, 9.17) is 4.74 Å². The smallest absolute Gasteiger partial charge is 0.407 e. The second-order valence-electron chi connectivity index (χ2n) is 6.33. The number of alkyl carbamates (subject to hydrolysis) is 1. The third kappa shape index (κ3) is 4.44. The molecule has 4 heteroatoms. The Kier molecular flexibility index (Phi) is 4.53. The molecule has 0 fully saturated rings. The van der Waals surface area contributed by atoms with Gasteiger partial charge in [0, 0.05) is 18.8 Å². The highest BCUT2D eigenvalue weighted by Crippen LogP contribution is 2.25. The number of anilines is 1. The van der Waals surface area contributed by atoms with E-state index in [0.29, 0.717) is 12.5 Å². The largest absolute Gasteiger partial charge is 0.444 e. The molecule has 0 aliphatic carbocycles. The molecule has 0 unspecified atom stereocenters. The second kappa shape index (κ2) is 6.16. The maximum Gasteiger partial charge on any atom is 0.407 e. The number of nitrogens with one attached hydrogen (secondary N) is 2. The van der Waals surface area contributed by atoms with E-state index in [9.17, 15) is 4.79 Å². The maximum absolute atomic E-state index is 11.5. The Bertz CT molecular complexity index is 466. The quantitative estimate of drug-likeness (QED) is 0.891. The minimum Gasteiger partial charge on any atom is -0.444 e. The van der Waals surface area contributed by atoms with Crippen LogP contribution in [0.2, 0.25) is 0 Å². The molecule has 1 aliphatic heterocycles. The second-order valence-corrected chi connectivity index (χ2v) is 6.33. The number of benzene rings is 1. The molecular formula is C16H24N2O2. The zero-order valence-electron chi connectivity index (χ0n) is 12.5. The highest BCUT2D eigenvalue weighted by atomic mass is 16.6. The van der Waals surface area contributed by atoms with Crippen LogP contribution >= 0.6 is 0 Å². The van der Waals surface area contributed by atoms with Crippen molar-refractivity contribution in [3.8, 4) is 0 Å². The van der Waals surface area contributed by atoms with Crippen molar-refractivity contribution in [1.29, 1.82) is 0 Å². The molecule has 4 nitrogen and oxygen atoms in total. The zero-order valence-corrected chi connectivity index (χ0v) is 12.5. The van der Waals surface area contributed by atoms with Crippen molar-refractivity contribution in [2.24, 2.45) is 5.92 Å². The third-order valence-corrected chi connectivity index (χ3v) is 3.33. The first-order valence-corrected chi connectivity index (χ1v) is 7.23. The highest BCUT2D eigenvalue weighted by molar-refractivity contribution is 5.67. The fourth-order valence-corrected chi connectivity index (χ4v) is 2.40. The van der Waals surface area contributed by atoms with Crippen LogP contribution in [0.5, 0.6) is 0 Å². The fourth-order valence-electron chi connectivity index (χ4n) is 2.40. The topological polar surface area (TPSA) is 50.4 Å². The maximum atomic E-state index is 11.5. The molecule has 1 aliphatic rings. The summed E-state index contributed by atoms with van der Waals surface area (Å²) in [7, 11) is 0. The van der Waals surface area contributed by atoms with Gasteiger partial charge in [-0.25, -0.2) is 4.79 Å². The first-order chi connectivity index (χ1) is 9.44. The molecule has 0 aromatic heterocycles. The monoisotopic (exact) mass is 276 g/mol. The molecule has 1 heterocycles. The minimum atomic E-state index is -0.435. The van der Waals surface area contributed by atoms with Crippen molar-refractivity contribution in [2.75, 3.05) is 18.4 Å². The summed E-state index contributed by atoms with van der Waals surface area (Å²) in [4.78, 5) is 11.5. The molecule has 0 radical (unpaired) electrons. The van der Waals surface area contributed by atoms with Gasteiger partial charge in [0.1, 0.15) is 5.60 Å². The van der Waals surface area contributed by atoms with E-state index < -0.39 is 5.60 Å². The Balaban J connectivity index is 1.73. The lowest BCUT2D eigenvalue weighted by Gasteiger charge is -2.26. The Labute approximate surface area is 120 Å². The van der Waals surface area contributed by atoms with E-state index in [1.165, 1.54) is 11.3 Å². The van der Waals surface area contributed by atoms with Crippen LogP contribution in [-0.4, -0.2) is 24.8 Å². The number of hydrogen-bond donors (Lipinski definition) is 2. The van der Waals surface area contributed by atoms with Crippen molar-refractivity contribution in [3.63, 3.8) is 0 Å². The van der Waals surface area contributed by atoms with E-state index in [0.717, 1.165) is 19.4 Å². The summed E-state index contributed by atoms with van der Waals surface area (Å²) < 4.78 is 5.22. The molecule has 0 spiro atoms. The van der Waals surface area contributed by atoms with E-state index in [1.54, 1.807) is 0 Å². The summed E-state index contributed by atoms with van der Waals surface area (Å²) in [5.74, 6) is 0.555. The first-order valence-electron chi connectivity index (χ1n) is 7.23. The normalized spacial score (nSPS) is 17.9. The van der Waals surface area contributed by atoms with Crippen LogP contribution in [0.3, 0.4) is 0 Å². The predicted molar refractivity (Wildman–Crippen MR) is 81.0 cm³/mol. The van der Waals surface area contributed by atoms with E-state index in [1.807, 2.05) is 20.8 Å². The van der Waals surface area contributed by atoms with E-state index >= 15 is 0 Å². The van der Waals surface area contributed by atoms with Crippen LogP contribution in [-0.2, 0) is 11.2 Å². The third-order valence-electron chi connectivity index (χ3n) is 3.33. The first kappa shape index (κ1) is 14.7. The molecule has 1 aromatic rings. The molecule has 2 rings (SSSR count). The number of carbonyl (C=O) groups is 1. The van der Waals surface area contributed by atoms with Crippen molar-refractivity contribution < 1.29 is 9.53 Å². The minimum absolute atomic E-state index is 0.332. The number of hydrogen-bond acceptors (Lipinski definition) is 3. The van der Waals surface area contributed by atoms with Gasteiger partial charge < -0.3 is 15.4 Å². The van der Waals surface area contributed by atoms with Crippen LogP contribution in [0.4, 0.5) is 10.5 Å². The number of fused-ring (bicyclic) bond motifs is 1. The molecule has 20 heavy (non-hydrogen) atoms. The van der Waals surface area contributed by atoms with Gasteiger partial charge in [-0.05, 0) is 51.2 Å². The van der Waals surface area contributed by atoms with Gasteiger partial charge in [-0.1, -0.05) is 18.2 Å². The molecule has 2 N–H and O–H groups in total. The Morgan fingerprint density at radius 2 is 2.15 bits per heavy atom. The van der Waals surface area contributed by atoms with Gasteiger partial charge in [-0.15, -0.1) is 0 Å². The van der Waals surface area contributed by atoms with Crippen LogP contribution in [0.15, 0.2) is 24.3 Å². The van der Waals surface area contributed by atoms with Crippen molar-refractivity contribution in [2.45, 2.75) is 39.2 Å². The molecule has 110 valence electrons. The Morgan fingerprint density at radius 1 is 1.40 bits per heavy atom. The highest BCUT2D eigenvalue weighted by Gasteiger charge is 2.19. The lowest BCUT2D eigenvalue weighted by atomic mass is 9.91. The number of para-hydroxylation sites is 1. The number of carbonyl (C=O) groups excluding carboxylic acids is 1. The number of rotatable bonds is 3. The van der Waals surface area contributed by atoms with Gasteiger partial charge in [0.05, 0.1) is 0 Å². The van der Waals surface area contributed by atoms with Crippen LogP contribution in [0.25, 0.3) is 0 Å². The standard InChI is InChI=1S/C16H24N2O2/c1-16(2,3)20-15(19)17-9-8-12-10-13-6-4-5-7-14(13)18-11-12/h4-7,12,18H,8-11H2,1-3H3,(H,17,19)/t12-/m0/s1. The Morgan fingerprint density at radius 3 is 2.90 bits per heavy atom. The van der Waals surface area contributed by atoms with Gasteiger partial charge in [-0.3, -0.25) is 0 Å². The molecule has 0 saturated carbocycles. The van der Waals surface area contributed by atoms with Gasteiger partial charge in [-0.2, -0.15) is 0 Å². The lowest BCUT2D eigenvalue weighted by Crippen LogP contribution is -2.34. The summed E-state index contributed by atoms with van der Waals surface area (Å²) in [5, 5.41) is 6.27. The average Bonchev–Trinajstić information content (AvgIpc) is 2.36. The molecule has 1 atom stereocenters. The molecule has 1 amide bonds. The van der Waals surface area contributed by atoms with Crippen LogP contribution in [0.1, 0.15) is 32.8 Å². The van der Waals surface area contributed by atoms with Gasteiger partial charge >= 0.3 is 6.09 Å². The van der Waals surface area contributed by atoms with Gasteiger partial charge in [0.2, 0.25) is 0 Å². The fraction of sp³-hybridized carbons (Fsp3) is 0.562. The van der Waals surface area contributed by atoms with Crippen LogP contribution in [0, 0.1) is 5.92 Å². The summed E-state index contributed by atoms with van der Waals surface area (Å²) in [6.07, 6.45) is 1.70. The predicted octanol–water partition coefficient (Wildman–Crippen LogP) is 3.19. The van der Waals surface area contributed by atoms with Gasteiger partial charge in [0.15, 0.2) is 0 Å². The average molecular weight is 276 g/mol. The zero-order chi connectivity index (χ0) is 14.6. The van der Waals surface area contributed by atoms with E-state index in [-0.39, 0.29) is 6.09 Å². The lowest BCUT2D eigenvalue weighted by molar-refractivity contribution is 0.0525. The summed E-state index contributed by atoms with van der Waals surface area (Å²) in [6.45, 7) is 7.23.